The summed E-state index contributed by atoms with van der Waals surface area (Å²) in [6.45, 7) is 2.11. The first-order chi connectivity index (χ1) is 11.0. The first-order valence-corrected chi connectivity index (χ1v) is 9.09. The van der Waals surface area contributed by atoms with E-state index in [0.29, 0.717) is 11.5 Å². The summed E-state index contributed by atoms with van der Waals surface area (Å²) < 4.78 is 1.04. The van der Waals surface area contributed by atoms with Crippen molar-refractivity contribution in [1.29, 1.82) is 0 Å². The molecule has 1 N–H and O–H groups in total. The molecular weight excluding hydrogens is 352 g/mol. The molecule has 1 heterocycles. The third-order valence-corrected chi connectivity index (χ3v) is 6.21. The fourth-order valence-electron chi connectivity index (χ4n) is 4.29. The number of aromatic nitrogens is 2. The van der Waals surface area contributed by atoms with Crippen LogP contribution < -0.4 is 5.32 Å². The van der Waals surface area contributed by atoms with Crippen LogP contribution in [0.2, 0.25) is 0 Å². The summed E-state index contributed by atoms with van der Waals surface area (Å²) in [6.07, 6.45) is 6.91. The van der Waals surface area contributed by atoms with Gasteiger partial charge in [0.1, 0.15) is 12.1 Å². The van der Waals surface area contributed by atoms with Gasteiger partial charge in [-0.3, -0.25) is 0 Å². The normalized spacial score (nSPS) is 29.6. The molecule has 0 amide bonds. The molecule has 0 saturated heterocycles. The molecule has 0 bridgehead atoms. The maximum atomic E-state index is 4.49. The molecule has 0 aliphatic heterocycles. The molecular formula is C18H23BrN4. The third-order valence-electron chi connectivity index (χ3n) is 5.60. The highest BCUT2D eigenvalue weighted by atomic mass is 79.9. The molecule has 2 aliphatic carbocycles. The Labute approximate surface area is 145 Å². The Morgan fingerprint density at radius 1 is 1.17 bits per heavy atom. The van der Waals surface area contributed by atoms with Crippen LogP contribution in [0.5, 0.6) is 0 Å². The van der Waals surface area contributed by atoms with Gasteiger partial charge in [0.2, 0.25) is 0 Å². The lowest BCUT2D eigenvalue weighted by atomic mass is 9.52. The summed E-state index contributed by atoms with van der Waals surface area (Å²) in [6, 6.07) is 5.61. The molecule has 23 heavy (non-hydrogen) atoms. The summed E-state index contributed by atoms with van der Waals surface area (Å²) in [5.74, 6) is 0.975. The molecule has 1 aromatic heterocycles. The maximum Gasteiger partial charge on any atom is 0.137 e. The highest BCUT2D eigenvalue weighted by molar-refractivity contribution is 9.10. The minimum Gasteiger partial charge on any atom is -0.367 e. The van der Waals surface area contributed by atoms with E-state index < -0.39 is 0 Å². The van der Waals surface area contributed by atoms with Gasteiger partial charge in [-0.25, -0.2) is 9.97 Å². The molecule has 0 radical (unpaired) electrons. The average Bonchev–Trinajstić information content (AvgIpc) is 2.39. The SMILES string of the molecule is Cc1cc(Br)c2ncnc(NC3CC4(C3)CC(N(C)C)C4)c2c1. The van der Waals surface area contributed by atoms with Crippen molar-refractivity contribution >= 4 is 32.7 Å². The van der Waals surface area contributed by atoms with E-state index in [0.717, 1.165) is 27.2 Å². The zero-order chi connectivity index (χ0) is 16.2. The fourth-order valence-corrected chi connectivity index (χ4v) is 4.97. The topological polar surface area (TPSA) is 41.1 Å². The van der Waals surface area contributed by atoms with Gasteiger partial charge in [-0.2, -0.15) is 0 Å². The van der Waals surface area contributed by atoms with Crippen LogP contribution in [0.15, 0.2) is 22.9 Å². The van der Waals surface area contributed by atoms with E-state index >= 15 is 0 Å². The quantitative estimate of drug-likeness (QED) is 0.881. The molecule has 2 aliphatic rings. The second kappa shape index (κ2) is 5.42. The van der Waals surface area contributed by atoms with Crippen LogP contribution in [0.1, 0.15) is 31.2 Å². The van der Waals surface area contributed by atoms with Gasteiger partial charge in [0.25, 0.3) is 0 Å². The molecule has 4 nitrogen and oxygen atoms in total. The van der Waals surface area contributed by atoms with Gasteiger partial charge in [-0.1, -0.05) is 0 Å². The van der Waals surface area contributed by atoms with Gasteiger partial charge < -0.3 is 10.2 Å². The zero-order valence-corrected chi connectivity index (χ0v) is 15.5. The zero-order valence-electron chi connectivity index (χ0n) is 13.9. The van der Waals surface area contributed by atoms with Crippen molar-refractivity contribution in [3.63, 3.8) is 0 Å². The monoisotopic (exact) mass is 374 g/mol. The highest BCUT2D eigenvalue weighted by Gasteiger charge is 2.53. The summed E-state index contributed by atoms with van der Waals surface area (Å²) in [5, 5.41) is 4.77. The van der Waals surface area contributed by atoms with E-state index in [-0.39, 0.29) is 0 Å². The molecule has 4 rings (SSSR count). The first-order valence-electron chi connectivity index (χ1n) is 8.30. The van der Waals surface area contributed by atoms with Crippen LogP contribution in [-0.4, -0.2) is 41.0 Å². The molecule has 0 unspecified atom stereocenters. The number of fused-ring (bicyclic) bond motifs is 1. The van der Waals surface area contributed by atoms with Crippen molar-refractivity contribution in [3.8, 4) is 0 Å². The van der Waals surface area contributed by atoms with Crippen LogP contribution in [-0.2, 0) is 0 Å². The lowest BCUT2D eigenvalue weighted by Gasteiger charge is -2.59. The smallest absolute Gasteiger partial charge is 0.137 e. The maximum absolute atomic E-state index is 4.49. The van der Waals surface area contributed by atoms with E-state index in [1.807, 2.05) is 0 Å². The van der Waals surface area contributed by atoms with Gasteiger partial charge in [-0.15, -0.1) is 0 Å². The van der Waals surface area contributed by atoms with E-state index in [9.17, 15) is 0 Å². The minimum absolute atomic E-state index is 0.551. The number of hydrogen-bond acceptors (Lipinski definition) is 4. The number of nitrogens with zero attached hydrogens (tertiary/aromatic N) is 3. The molecule has 2 fully saturated rings. The molecule has 122 valence electrons. The molecule has 2 saturated carbocycles. The molecule has 2 aromatic rings. The summed E-state index contributed by atoms with van der Waals surface area (Å²) in [4.78, 5) is 11.3. The number of anilines is 1. The molecule has 1 spiro atoms. The van der Waals surface area contributed by atoms with Gasteiger partial charge >= 0.3 is 0 Å². The largest absolute Gasteiger partial charge is 0.367 e. The number of nitrogens with one attached hydrogen (secondary N) is 1. The number of hydrogen-bond donors (Lipinski definition) is 1. The predicted octanol–water partition coefficient (Wildman–Crippen LogP) is 3.99. The minimum atomic E-state index is 0.551. The van der Waals surface area contributed by atoms with E-state index in [4.69, 9.17) is 0 Å². The second-order valence-electron chi connectivity index (χ2n) is 7.64. The highest BCUT2D eigenvalue weighted by Crippen LogP contribution is 2.57. The Hall–Kier alpha value is -1.20. The van der Waals surface area contributed by atoms with Crippen LogP contribution in [0.4, 0.5) is 5.82 Å². The van der Waals surface area contributed by atoms with Crippen molar-refractivity contribution in [2.45, 2.75) is 44.7 Å². The van der Waals surface area contributed by atoms with Crippen molar-refractivity contribution in [2.24, 2.45) is 5.41 Å². The predicted molar refractivity (Wildman–Crippen MR) is 97.8 cm³/mol. The fraction of sp³-hybridized carbons (Fsp3) is 0.556. The van der Waals surface area contributed by atoms with Crippen molar-refractivity contribution in [2.75, 3.05) is 19.4 Å². The lowest BCUT2D eigenvalue weighted by Crippen LogP contribution is -2.58. The molecule has 0 atom stereocenters. The van der Waals surface area contributed by atoms with Gasteiger partial charge in [0.15, 0.2) is 0 Å². The van der Waals surface area contributed by atoms with E-state index in [2.05, 4.69) is 69.3 Å². The van der Waals surface area contributed by atoms with Crippen molar-refractivity contribution in [1.82, 2.24) is 14.9 Å². The van der Waals surface area contributed by atoms with Crippen LogP contribution >= 0.6 is 15.9 Å². The van der Waals surface area contributed by atoms with E-state index in [1.165, 1.54) is 31.2 Å². The van der Waals surface area contributed by atoms with E-state index in [1.54, 1.807) is 6.33 Å². The number of benzene rings is 1. The summed E-state index contributed by atoms with van der Waals surface area (Å²) in [7, 11) is 4.39. The Balaban J connectivity index is 1.48. The Morgan fingerprint density at radius 2 is 1.91 bits per heavy atom. The van der Waals surface area contributed by atoms with Crippen LogP contribution in [0.3, 0.4) is 0 Å². The van der Waals surface area contributed by atoms with Gasteiger partial charge in [0.05, 0.1) is 5.52 Å². The second-order valence-corrected chi connectivity index (χ2v) is 8.49. The van der Waals surface area contributed by atoms with Gasteiger partial charge in [-0.05, 0) is 85.7 Å². The first kappa shape index (κ1) is 15.3. The van der Waals surface area contributed by atoms with Crippen molar-refractivity contribution in [3.05, 3.63) is 28.5 Å². The van der Waals surface area contributed by atoms with Crippen LogP contribution in [0.25, 0.3) is 10.9 Å². The van der Waals surface area contributed by atoms with Gasteiger partial charge in [0, 0.05) is 21.9 Å². The van der Waals surface area contributed by atoms with Crippen LogP contribution in [0, 0.1) is 12.3 Å². The third kappa shape index (κ3) is 2.64. The number of aryl methyl sites for hydroxylation is 1. The van der Waals surface area contributed by atoms with Crippen molar-refractivity contribution < 1.29 is 0 Å². The Kier molecular flexibility index (Phi) is 3.61. The summed E-state index contributed by atoms with van der Waals surface area (Å²) >= 11 is 3.61. The number of halogens is 1. The standard InChI is InChI=1S/C18H23BrN4/c1-11-4-14-16(15(19)5-11)20-10-21-17(14)22-12-6-18(7-12)8-13(9-18)23(2)3/h4-5,10,12-13H,6-9H2,1-3H3,(H,20,21,22). The summed E-state index contributed by atoms with van der Waals surface area (Å²) in [5.41, 5.74) is 2.81. The molecule has 1 aromatic carbocycles. The Morgan fingerprint density at radius 3 is 2.61 bits per heavy atom. The lowest BCUT2D eigenvalue weighted by molar-refractivity contribution is -0.0467. The Bertz CT molecular complexity index is 744. The number of rotatable bonds is 3. The molecule has 5 heteroatoms. The average molecular weight is 375 g/mol.